The van der Waals surface area contributed by atoms with Crippen LogP contribution in [0.4, 0.5) is 0 Å². The van der Waals surface area contributed by atoms with Gasteiger partial charge in [0.2, 0.25) is 5.91 Å². The van der Waals surface area contributed by atoms with Gasteiger partial charge in [-0.05, 0) is 43.5 Å². The Balaban J connectivity index is 1.60. The van der Waals surface area contributed by atoms with E-state index >= 15 is 0 Å². The van der Waals surface area contributed by atoms with Gasteiger partial charge in [-0.25, -0.2) is 8.42 Å². The lowest BCUT2D eigenvalue weighted by atomic mass is 10.0. The van der Waals surface area contributed by atoms with E-state index in [0.29, 0.717) is 13.0 Å². The van der Waals surface area contributed by atoms with E-state index in [1.54, 1.807) is 7.11 Å². The van der Waals surface area contributed by atoms with Gasteiger partial charge in [0.05, 0.1) is 25.2 Å². The van der Waals surface area contributed by atoms with E-state index in [1.807, 2.05) is 18.2 Å². The average Bonchev–Trinajstić information content (AvgIpc) is 3.13. The fourth-order valence-electron chi connectivity index (χ4n) is 3.61. The molecule has 1 N–H and O–H groups in total. The zero-order chi connectivity index (χ0) is 17.2. The van der Waals surface area contributed by atoms with Crippen LogP contribution in [0.15, 0.2) is 24.3 Å². The molecule has 0 bridgehead atoms. The molecule has 0 radical (unpaired) electrons. The Hall–Kier alpha value is -1.60. The minimum Gasteiger partial charge on any atom is -0.497 e. The smallest absolute Gasteiger partial charge is 0.234 e. The first-order valence-corrected chi connectivity index (χ1v) is 10.2. The molecule has 6 nitrogen and oxygen atoms in total. The molecule has 3 rings (SSSR count). The van der Waals surface area contributed by atoms with Gasteiger partial charge in [0.25, 0.3) is 0 Å². The Kier molecular flexibility index (Phi) is 5.10. The number of amides is 1. The molecule has 0 spiro atoms. The minimum absolute atomic E-state index is 0.0675. The van der Waals surface area contributed by atoms with Gasteiger partial charge in [-0.3, -0.25) is 9.69 Å². The first-order valence-electron chi connectivity index (χ1n) is 8.34. The number of benzene rings is 1. The molecule has 24 heavy (non-hydrogen) atoms. The van der Waals surface area contributed by atoms with E-state index in [1.165, 1.54) is 0 Å². The van der Waals surface area contributed by atoms with Crippen LogP contribution in [0.5, 0.6) is 5.75 Å². The SMILES string of the molecule is COc1cccc(C2CCCN2CC(=O)NC2CCS(=O)(=O)C2)c1. The van der Waals surface area contributed by atoms with Gasteiger partial charge in [-0.2, -0.15) is 0 Å². The number of likely N-dealkylation sites (tertiary alicyclic amines) is 1. The maximum absolute atomic E-state index is 12.3. The number of rotatable bonds is 5. The Morgan fingerprint density at radius 2 is 2.21 bits per heavy atom. The second-order valence-corrected chi connectivity index (χ2v) is 8.80. The largest absolute Gasteiger partial charge is 0.497 e. The van der Waals surface area contributed by atoms with Gasteiger partial charge in [0.1, 0.15) is 5.75 Å². The molecule has 7 heteroatoms. The average molecular weight is 352 g/mol. The van der Waals surface area contributed by atoms with Crippen LogP contribution in [0, 0.1) is 0 Å². The molecule has 1 amide bonds. The van der Waals surface area contributed by atoms with Crippen molar-refractivity contribution in [2.24, 2.45) is 0 Å². The van der Waals surface area contributed by atoms with E-state index in [0.717, 1.165) is 30.7 Å². The molecule has 132 valence electrons. The topological polar surface area (TPSA) is 75.7 Å². The summed E-state index contributed by atoms with van der Waals surface area (Å²) >= 11 is 0. The zero-order valence-corrected chi connectivity index (χ0v) is 14.7. The van der Waals surface area contributed by atoms with Crippen LogP contribution in [-0.2, 0) is 14.6 Å². The summed E-state index contributed by atoms with van der Waals surface area (Å²) < 4.78 is 28.3. The van der Waals surface area contributed by atoms with Crippen molar-refractivity contribution in [3.05, 3.63) is 29.8 Å². The lowest BCUT2D eigenvalue weighted by Gasteiger charge is -2.25. The van der Waals surface area contributed by atoms with Crippen molar-refractivity contribution in [2.45, 2.75) is 31.3 Å². The molecule has 1 aromatic carbocycles. The van der Waals surface area contributed by atoms with Gasteiger partial charge in [-0.15, -0.1) is 0 Å². The lowest BCUT2D eigenvalue weighted by molar-refractivity contribution is -0.123. The molecule has 0 aliphatic carbocycles. The maximum atomic E-state index is 12.3. The number of nitrogens with zero attached hydrogens (tertiary/aromatic N) is 1. The lowest BCUT2D eigenvalue weighted by Crippen LogP contribution is -2.42. The molecule has 2 aliphatic heterocycles. The molecular formula is C17H24N2O4S. The van der Waals surface area contributed by atoms with Crippen LogP contribution in [-0.4, -0.2) is 57.0 Å². The molecule has 2 fully saturated rings. The van der Waals surface area contributed by atoms with Crippen molar-refractivity contribution in [3.8, 4) is 5.75 Å². The van der Waals surface area contributed by atoms with Gasteiger partial charge >= 0.3 is 0 Å². The summed E-state index contributed by atoms with van der Waals surface area (Å²) in [6.45, 7) is 1.18. The first kappa shape index (κ1) is 17.2. The number of methoxy groups -OCH3 is 1. The normalized spacial score (nSPS) is 26.4. The summed E-state index contributed by atoms with van der Waals surface area (Å²) in [7, 11) is -1.32. The number of nitrogens with one attached hydrogen (secondary N) is 1. The number of hydrogen-bond donors (Lipinski definition) is 1. The van der Waals surface area contributed by atoms with Gasteiger partial charge in [-0.1, -0.05) is 12.1 Å². The molecule has 2 saturated heterocycles. The highest BCUT2D eigenvalue weighted by molar-refractivity contribution is 7.91. The van der Waals surface area contributed by atoms with Crippen LogP contribution < -0.4 is 10.1 Å². The highest BCUT2D eigenvalue weighted by Gasteiger charge is 2.31. The molecule has 0 aromatic heterocycles. The summed E-state index contributed by atoms with van der Waals surface area (Å²) in [6.07, 6.45) is 2.58. The molecule has 2 atom stereocenters. The van der Waals surface area contributed by atoms with Crippen molar-refractivity contribution in [3.63, 3.8) is 0 Å². The van der Waals surface area contributed by atoms with E-state index in [-0.39, 0.29) is 29.5 Å². The summed E-state index contributed by atoms with van der Waals surface area (Å²) in [6, 6.07) is 7.93. The highest BCUT2D eigenvalue weighted by Crippen LogP contribution is 2.33. The third-order valence-corrected chi connectivity index (χ3v) is 6.55. The van der Waals surface area contributed by atoms with Crippen LogP contribution in [0.1, 0.15) is 30.9 Å². The van der Waals surface area contributed by atoms with Crippen LogP contribution >= 0.6 is 0 Å². The summed E-state index contributed by atoms with van der Waals surface area (Å²) in [5.74, 6) is 0.971. The monoisotopic (exact) mass is 352 g/mol. The van der Waals surface area contributed by atoms with Crippen molar-refractivity contribution in [2.75, 3.05) is 31.7 Å². The van der Waals surface area contributed by atoms with E-state index < -0.39 is 9.84 Å². The second kappa shape index (κ2) is 7.11. The fourth-order valence-corrected chi connectivity index (χ4v) is 5.28. The highest BCUT2D eigenvalue weighted by atomic mass is 32.2. The third-order valence-electron chi connectivity index (χ3n) is 4.79. The van der Waals surface area contributed by atoms with E-state index in [4.69, 9.17) is 4.74 Å². The Bertz CT molecular complexity index is 704. The van der Waals surface area contributed by atoms with Crippen LogP contribution in [0.3, 0.4) is 0 Å². The standard InChI is InChI=1S/C17H24N2O4S/c1-23-15-5-2-4-13(10-15)16-6-3-8-19(16)11-17(20)18-14-7-9-24(21,22)12-14/h2,4-5,10,14,16H,3,6-9,11-12H2,1H3,(H,18,20). The molecule has 1 aromatic rings. The summed E-state index contributed by atoms with van der Waals surface area (Å²) in [5.41, 5.74) is 1.16. The summed E-state index contributed by atoms with van der Waals surface area (Å²) in [4.78, 5) is 14.5. The number of ether oxygens (including phenoxy) is 1. The van der Waals surface area contributed by atoms with E-state index in [2.05, 4.69) is 16.3 Å². The summed E-state index contributed by atoms with van der Waals surface area (Å²) in [5, 5.41) is 2.87. The molecule has 2 unspecified atom stereocenters. The van der Waals surface area contributed by atoms with Crippen molar-refractivity contribution < 1.29 is 17.9 Å². The fraction of sp³-hybridized carbons (Fsp3) is 0.588. The van der Waals surface area contributed by atoms with Gasteiger partial charge in [0.15, 0.2) is 9.84 Å². The van der Waals surface area contributed by atoms with Gasteiger partial charge < -0.3 is 10.1 Å². The minimum atomic E-state index is -2.97. The van der Waals surface area contributed by atoms with Crippen LogP contribution in [0.25, 0.3) is 0 Å². The number of carbonyl (C=O) groups excluding carboxylic acids is 1. The molecule has 2 aliphatic rings. The van der Waals surface area contributed by atoms with E-state index in [9.17, 15) is 13.2 Å². The quantitative estimate of drug-likeness (QED) is 0.860. The third kappa shape index (κ3) is 4.08. The predicted octanol–water partition coefficient (Wildman–Crippen LogP) is 1.14. The Morgan fingerprint density at radius 3 is 2.92 bits per heavy atom. The number of hydrogen-bond acceptors (Lipinski definition) is 5. The number of sulfone groups is 1. The zero-order valence-electron chi connectivity index (χ0n) is 13.9. The number of carbonyl (C=O) groups is 1. The first-order chi connectivity index (χ1) is 11.5. The maximum Gasteiger partial charge on any atom is 0.234 e. The predicted molar refractivity (Wildman–Crippen MR) is 91.7 cm³/mol. The second-order valence-electron chi connectivity index (χ2n) is 6.57. The molecule has 0 saturated carbocycles. The van der Waals surface area contributed by atoms with Crippen molar-refractivity contribution >= 4 is 15.7 Å². The molecular weight excluding hydrogens is 328 g/mol. The Morgan fingerprint density at radius 1 is 1.38 bits per heavy atom. The Labute approximate surface area is 143 Å². The van der Waals surface area contributed by atoms with Crippen molar-refractivity contribution in [1.82, 2.24) is 10.2 Å². The van der Waals surface area contributed by atoms with Gasteiger partial charge in [0, 0.05) is 12.1 Å². The molecule has 2 heterocycles. The van der Waals surface area contributed by atoms with Crippen LogP contribution in [0.2, 0.25) is 0 Å². The van der Waals surface area contributed by atoms with Crippen molar-refractivity contribution in [1.29, 1.82) is 0 Å².